The molecule has 90 valence electrons. The van der Waals surface area contributed by atoms with Crippen molar-refractivity contribution >= 4 is 0 Å². The van der Waals surface area contributed by atoms with E-state index in [9.17, 15) is 4.39 Å². The SMILES string of the molecule is Cc1cc(C#N)nc(Oc2cc(F)ccc2C)n1. The van der Waals surface area contributed by atoms with Crippen LogP contribution in [-0.2, 0) is 0 Å². The second-order valence-electron chi connectivity index (χ2n) is 3.80. The number of hydrogen-bond donors (Lipinski definition) is 0. The highest BCUT2D eigenvalue weighted by molar-refractivity contribution is 5.35. The first kappa shape index (κ1) is 12.0. The van der Waals surface area contributed by atoms with E-state index < -0.39 is 5.82 Å². The normalized spacial score (nSPS) is 9.89. The zero-order valence-corrected chi connectivity index (χ0v) is 9.94. The van der Waals surface area contributed by atoms with Gasteiger partial charge in [0.05, 0.1) is 0 Å². The quantitative estimate of drug-likeness (QED) is 0.813. The van der Waals surface area contributed by atoms with Gasteiger partial charge in [-0.3, -0.25) is 0 Å². The van der Waals surface area contributed by atoms with E-state index in [2.05, 4.69) is 9.97 Å². The number of nitriles is 1. The van der Waals surface area contributed by atoms with Gasteiger partial charge in [-0.15, -0.1) is 0 Å². The molecule has 0 bridgehead atoms. The van der Waals surface area contributed by atoms with Crippen LogP contribution < -0.4 is 4.74 Å². The zero-order valence-electron chi connectivity index (χ0n) is 9.94. The van der Waals surface area contributed by atoms with Gasteiger partial charge in [-0.2, -0.15) is 10.2 Å². The fourth-order valence-electron chi connectivity index (χ4n) is 1.43. The first-order valence-electron chi connectivity index (χ1n) is 5.28. The third-order valence-electron chi connectivity index (χ3n) is 2.30. The standard InChI is InChI=1S/C13H10FN3O/c1-8-3-4-10(14)6-12(8)18-13-16-9(2)5-11(7-15)17-13/h3-6H,1-2H3. The van der Waals surface area contributed by atoms with Gasteiger partial charge in [0.25, 0.3) is 0 Å². The van der Waals surface area contributed by atoms with Crippen LogP contribution in [0.5, 0.6) is 11.8 Å². The van der Waals surface area contributed by atoms with E-state index in [-0.39, 0.29) is 11.7 Å². The third kappa shape index (κ3) is 2.61. The van der Waals surface area contributed by atoms with Gasteiger partial charge in [-0.05, 0) is 31.5 Å². The maximum absolute atomic E-state index is 13.1. The van der Waals surface area contributed by atoms with Crippen molar-refractivity contribution in [2.45, 2.75) is 13.8 Å². The highest BCUT2D eigenvalue weighted by Gasteiger charge is 2.07. The fraction of sp³-hybridized carbons (Fsp3) is 0.154. The molecule has 0 amide bonds. The Bertz CT molecular complexity index is 635. The van der Waals surface area contributed by atoms with E-state index in [1.165, 1.54) is 12.1 Å². The molecule has 0 N–H and O–H groups in total. The Kier molecular flexibility index (Phi) is 3.20. The van der Waals surface area contributed by atoms with Gasteiger partial charge in [0.2, 0.25) is 0 Å². The summed E-state index contributed by atoms with van der Waals surface area (Å²) in [6.07, 6.45) is 0. The summed E-state index contributed by atoms with van der Waals surface area (Å²) in [5.74, 6) is -0.0618. The molecule has 1 aromatic carbocycles. The molecule has 18 heavy (non-hydrogen) atoms. The summed E-state index contributed by atoms with van der Waals surface area (Å²) in [6, 6.07) is 7.71. The molecule has 0 saturated carbocycles. The second kappa shape index (κ2) is 4.80. The molecule has 0 radical (unpaired) electrons. The summed E-state index contributed by atoms with van der Waals surface area (Å²) in [7, 11) is 0. The number of aromatic nitrogens is 2. The molecule has 5 heteroatoms. The van der Waals surface area contributed by atoms with Crippen LogP contribution in [0.25, 0.3) is 0 Å². The Hall–Kier alpha value is -2.48. The van der Waals surface area contributed by atoms with E-state index in [1.54, 1.807) is 26.0 Å². The predicted octanol–water partition coefficient (Wildman–Crippen LogP) is 2.90. The highest BCUT2D eigenvalue weighted by Crippen LogP contribution is 2.23. The number of halogens is 1. The number of benzene rings is 1. The van der Waals surface area contributed by atoms with Gasteiger partial charge in [0, 0.05) is 11.8 Å². The van der Waals surface area contributed by atoms with Gasteiger partial charge in [0.15, 0.2) is 0 Å². The Balaban J connectivity index is 2.37. The molecular formula is C13H10FN3O. The molecule has 0 aliphatic rings. The molecule has 4 nitrogen and oxygen atoms in total. The summed E-state index contributed by atoms with van der Waals surface area (Å²) in [6.45, 7) is 3.52. The van der Waals surface area contributed by atoms with Crippen LogP contribution in [0, 0.1) is 31.0 Å². The Morgan fingerprint density at radius 1 is 1.22 bits per heavy atom. The van der Waals surface area contributed by atoms with Crippen molar-refractivity contribution in [2.24, 2.45) is 0 Å². The molecule has 0 aliphatic heterocycles. The van der Waals surface area contributed by atoms with Crippen LogP contribution in [0.3, 0.4) is 0 Å². The smallest absolute Gasteiger partial charge is 0.323 e. The summed E-state index contributed by atoms with van der Waals surface area (Å²) in [4.78, 5) is 7.94. The maximum Gasteiger partial charge on any atom is 0.323 e. The molecule has 0 spiro atoms. The molecule has 1 aromatic heterocycles. The maximum atomic E-state index is 13.1. The van der Waals surface area contributed by atoms with Crippen LogP contribution in [-0.4, -0.2) is 9.97 Å². The van der Waals surface area contributed by atoms with Crippen LogP contribution in [0.1, 0.15) is 17.0 Å². The van der Waals surface area contributed by atoms with Crippen LogP contribution in [0.15, 0.2) is 24.3 Å². The van der Waals surface area contributed by atoms with Crippen LogP contribution >= 0.6 is 0 Å². The van der Waals surface area contributed by atoms with E-state index in [4.69, 9.17) is 10.00 Å². The lowest BCUT2D eigenvalue weighted by Gasteiger charge is -2.07. The summed E-state index contributed by atoms with van der Waals surface area (Å²) in [5, 5.41) is 8.80. The Labute approximate surface area is 104 Å². The molecule has 2 rings (SSSR count). The lowest BCUT2D eigenvalue weighted by Crippen LogP contribution is -1.97. The van der Waals surface area contributed by atoms with Crippen LogP contribution in [0.4, 0.5) is 4.39 Å². The number of nitrogens with zero attached hydrogens (tertiary/aromatic N) is 3. The van der Waals surface area contributed by atoms with Crippen molar-refractivity contribution in [3.05, 3.63) is 47.0 Å². The van der Waals surface area contributed by atoms with Gasteiger partial charge < -0.3 is 4.74 Å². The average molecular weight is 243 g/mol. The lowest BCUT2D eigenvalue weighted by atomic mass is 10.2. The van der Waals surface area contributed by atoms with Crippen molar-refractivity contribution in [2.75, 3.05) is 0 Å². The first-order chi connectivity index (χ1) is 8.58. The second-order valence-corrected chi connectivity index (χ2v) is 3.80. The monoisotopic (exact) mass is 243 g/mol. The molecule has 1 heterocycles. The fourth-order valence-corrected chi connectivity index (χ4v) is 1.43. The van der Waals surface area contributed by atoms with Crippen molar-refractivity contribution < 1.29 is 9.13 Å². The number of hydrogen-bond acceptors (Lipinski definition) is 4. The summed E-state index contributed by atoms with van der Waals surface area (Å²) < 4.78 is 18.5. The molecule has 2 aromatic rings. The summed E-state index contributed by atoms with van der Waals surface area (Å²) in [5.41, 5.74) is 1.59. The van der Waals surface area contributed by atoms with Crippen molar-refractivity contribution in [1.82, 2.24) is 9.97 Å². The minimum absolute atomic E-state index is 0.0419. The van der Waals surface area contributed by atoms with E-state index >= 15 is 0 Å². The first-order valence-corrected chi connectivity index (χ1v) is 5.28. The number of ether oxygens (including phenoxy) is 1. The largest absolute Gasteiger partial charge is 0.424 e. The van der Waals surface area contributed by atoms with E-state index in [0.717, 1.165) is 5.56 Å². The Morgan fingerprint density at radius 3 is 2.72 bits per heavy atom. The minimum Gasteiger partial charge on any atom is -0.424 e. The van der Waals surface area contributed by atoms with Gasteiger partial charge in [-0.25, -0.2) is 9.37 Å². The highest BCUT2D eigenvalue weighted by atomic mass is 19.1. The average Bonchev–Trinajstić information content (AvgIpc) is 2.33. The van der Waals surface area contributed by atoms with Crippen molar-refractivity contribution in [3.8, 4) is 17.8 Å². The van der Waals surface area contributed by atoms with Gasteiger partial charge in [-0.1, -0.05) is 6.07 Å². The topological polar surface area (TPSA) is 58.8 Å². The summed E-state index contributed by atoms with van der Waals surface area (Å²) >= 11 is 0. The van der Waals surface area contributed by atoms with Crippen molar-refractivity contribution in [1.29, 1.82) is 5.26 Å². The van der Waals surface area contributed by atoms with E-state index in [0.29, 0.717) is 11.4 Å². The molecule has 0 fully saturated rings. The van der Waals surface area contributed by atoms with E-state index in [1.807, 2.05) is 6.07 Å². The Morgan fingerprint density at radius 2 is 2.00 bits per heavy atom. The molecular weight excluding hydrogens is 233 g/mol. The minimum atomic E-state index is -0.399. The number of rotatable bonds is 2. The lowest BCUT2D eigenvalue weighted by molar-refractivity contribution is 0.432. The molecule has 0 saturated heterocycles. The van der Waals surface area contributed by atoms with Crippen LogP contribution in [0.2, 0.25) is 0 Å². The third-order valence-corrected chi connectivity index (χ3v) is 2.30. The van der Waals surface area contributed by atoms with Gasteiger partial charge in [0.1, 0.15) is 23.3 Å². The van der Waals surface area contributed by atoms with Gasteiger partial charge >= 0.3 is 6.01 Å². The predicted molar refractivity (Wildman–Crippen MR) is 62.7 cm³/mol. The molecule has 0 aliphatic carbocycles. The molecule has 0 unspecified atom stereocenters. The molecule has 0 atom stereocenters. The zero-order chi connectivity index (χ0) is 13.1. The van der Waals surface area contributed by atoms with Crippen molar-refractivity contribution in [3.63, 3.8) is 0 Å². The number of aryl methyl sites for hydroxylation is 2.